The highest BCUT2D eigenvalue weighted by molar-refractivity contribution is 7.92. The molecule has 8 nitrogen and oxygen atoms in total. The Morgan fingerprint density at radius 3 is 2.11 bits per heavy atom. The van der Waals surface area contributed by atoms with E-state index in [2.05, 4.69) is 5.32 Å². The molecule has 4 aromatic carbocycles. The molecule has 1 N–H and O–H groups in total. The van der Waals surface area contributed by atoms with Crippen LogP contribution in [-0.4, -0.2) is 50.4 Å². The molecule has 0 saturated heterocycles. The number of halogens is 1. The van der Waals surface area contributed by atoms with Gasteiger partial charge in [0.15, 0.2) is 0 Å². The molecule has 0 aliphatic carbocycles. The zero-order valence-electron chi connectivity index (χ0n) is 26.5. The van der Waals surface area contributed by atoms with Crippen LogP contribution in [0.4, 0.5) is 10.1 Å². The van der Waals surface area contributed by atoms with Crippen molar-refractivity contribution in [3.05, 3.63) is 126 Å². The van der Waals surface area contributed by atoms with Gasteiger partial charge < -0.3 is 15.0 Å². The van der Waals surface area contributed by atoms with Gasteiger partial charge in [0, 0.05) is 19.0 Å². The fourth-order valence-corrected chi connectivity index (χ4v) is 6.46. The topological polar surface area (TPSA) is 96.0 Å². The number of hydrogen-bond donors (Lipinski definition) is 1. The van der Waals surface area contributed by atoms with Crippen molar-refractivity contribution in [2.45, 2.75) is 57.6 Å². The number of anilines is 1. The van der Waals surface area contributed by atoms with E-state index in [0.717, 1.165) is 45.3 Å². The van der Waals surface area contributed by atoms with Crippen LogP contribution in [-0.2, 0) is 32.6 Å². The van der Waals surface area contributed by atoms with Crippen molar-refractivity contribution in [3.63, 3.8) is 0 Å². The zero-order chi connectivity index (χ0) is 33.3. The number of hydrogen-bond acceptors (Lipinski definition) is 5. The molecule has 242 valence electrons. The Bertz CT molecular complexity index is 1710. The number of carbonyl (C=O) groups excluding carboxylic acids is 2. The lowest BCUT2D eigenvalue weighted by atomic mass is 10.0. The minimum atomic E-state index is -4.35. The molecule has 0 saturated carbocycles. The van der Waals surface area contributed by atoms with Gasteiger partial charge in [0.1, 0.15) is 24.2 Å². The number of aryl methyl sites for hydroxylation is 1. The SMILES string of the molecule is CCOc1ccc(N(CC(=O)N(Cc2ccccc2C)[C@H](Cc2ccccc2)C(=O)NC(C)C)S(=O)(=O)c2ccc(F)cc2)cc1. The summed E-state index contributed by atoms with van der Waals surface area (Å²) in [5, 5.41) is 2.95. The maximum atomic E-state index is 14.5. The highest BCUT2D eigenvalue weighted by Gasteiger charge is 2.35. The Hall–Kier alpha value is -4.70. The number of carbonyl (C=O) groups is 2. The second-order valence-electron chi connectivity index (χ2n) is 11.2. The van der Waals surface area contributed by atoms with Crippen molar-refractivity contribution in [3.8, 4) is 5.75 Å². The summed E-state index contributed by atoms with van der Waals surface area (Å²) >= 11 is 0. The number of ether oxygens (including phenoxy) is 1. The summed E-state index contributed by atoms with van der Waals surface area (Å²) in [5.41, 5.74) is 2.80. The Morgan fingerprint density at radius 2 is 1.50 bits per heavy atom. The summed E-state index contributed by atoms with van der Waals surface area (Å²) in [6.07, 6.45) is 0.213. The molecule has 0 heterocycles. The molecule has 1 atom stereocenters. The van der Waals surface area contributed by atoms with Gasteiger partial charge in [-0.05, 0) is 92.9 Å². The quantitative estimate of drug-likeness (QED) is 0.185. The van der Waals surface area contributed by atoms with E-state index in [1.54, 1.807) is 24.3 Å². The van der Waals surface area contributed by atoms with E-state index in [1.807, 2.05) is 82.3 Å². The van der Waals surface area contributed by atoms with Gasteiger partial charge in [-0.2, -0.15) is 0 Å². The van der Waals surface area contributed by atoms with Gasteiger partial charge in [-0.15, -0.1) is 0 Å². The minimum Gasteiger partial charge on any atom is -0.494 e. The molecule has 4 rings (SSSR count). The molecular formula is C36H40FN3O5S. The van der Waals surface area contributed by atoms with Gasteiger partial charge in [0.05, 0.1) is 17.2 Å². The Labute approximate surface area is 270 Å². The highest BCUT2D eigenvalue weighted by atomic mass is 32.2. The molecule has 0 radical (unpaired) electrons. The molecule has 0 aliphatic rings. The average Bonchev–Trinajstić information content (AvgIpc) is 3.03. The number of benzene rings is 4. The van der Waals surface area contributed by atoms with Gasteiger partial charge >= 0.3 is 0 Å². The van der Waals surface area contributed by atoms with Gasteiger partial charge in [-0.1, -0.05) is 54.6 Å². The van der Waals surface area contributed by atoms with Crippen LogP contribution in [0.15, 0.2) is 108 Å². The first kappa shape index (κ1) is 34.2. The van der Waals surface area contributed by atoms with Crippen LogP contribution in [0.25, 0.3) is 0 Å². The van der Waals surface area contributed by atoms with E-state index >= 15 is 0 Å². The van der Waals surface area contributed by atoms with Crippen molar-refractivity contribution in [1.29, 1.82) is 0 Å². The lowest BCUT2D eigenvalue weighted by molar-refractivity contribution is -0.140. The lowest BCUT2D eigenvalue weighted by Crippen LogP contribution is -2.54. The molecule has 0 aromatic heterocycles. The van der Waals surface area contributed by atoms with E-state index in [4.69, 9.17) is 4.74 Å². The van der Waals surface area contributed by atoms with E-state index in [9.17, 15) is 22.4 Å². The van der Waals surface area contributed by atoms with E-state index in [0.29, 0.717) is 12.4 Å². The summed E-state index contributed by atoms with van der Waals surface area (Å²) in [6.45, 7) is 7.32. The van der Waals surface area contributed by atoms with Crippen molar-refractivity contribution in [2.24, 2.45) is 0 Å². The van der Waals surface area contributed by atoms with E-state index in [1.165, 1.54) is 4.90 Å². The Balaban J connectivity index is 1.81. The summed E-state index contributed by atoms with van der Waals surface area (Å²) in [4.78, 5) is 29.6. The smallest absolute Gasteiger partial charge is 0.264 e. The zero-order valence-corrected chi connectivity index (χ0v) is 27.3. The van der Waals surface area contributed by atoms with Crippen molar-refractivity contribution in [2.75, 3.05) is 17.5 Å². The fraction of sp³-hybridized carbons (Fsp3) is 0.278. The predicted octanol–water partition coefficient (Wildman–Crippen LogP) is 5.89. The largest absolute Gasteiger partial charge is 0.494 e. The predicted molar refractivity (Wildman–Crippen MR) is 177 cm³/mol. The molecule has 0 bridgehead atoms. The first-order valence-corrected chi connectivity index (χ1v) is 16.6. The Morgan fingerprint density at radius 1 is 0.870 bits per heavy atom. The second-order valence-corrected chi connectivity index (χ2v) is 13.1. The molecular weight excluding hydrogens is 605 g/mol. The first-order valence-electron chi connectivity index (χ1n) is 15.2. The third kappa shape index (κ3) is 8.72. The van der Waals surface area contributed by atoms with Gasteiger partial charge in [0.25, 0.3) is 10.0 Å². The van der Waals surface area contributed by atoms with Crippen molar-refractivity contribution < 1.29 is 27.1 Å². The monoisotopic (exact) mass is 645 g/mol. The van der Waals surface area contributed by atoms with E-state index < -0.39 is 34.3 Å². The van der Waals surface area contributed by atoms with Crippen LogP contribution in [0, 0.1) is 12.7 Å². The van der Waals surface area contributed by atoms with E-state index in [-0.39, 0.29) is 35.5 Å². The normalized spacial score (nSPS) is 12.0. The summed E-state index contributed by atoms with van der Waals surface area (Å²) in [5.74, 6) is -0.990. The lowest BCUT2D eigenvalue weighted by Gasteiger charge is -2.34. The Kier molecular flexibility index (Phi) is 11.5. The van der Waals surface area contributed by atoms with Crippen LogP contribution in [0.2, 0.25) is 0 Å². The number of rotatable bonds is 14. The third-order valence-electron chi connectivity index (χ3n) is 7.42. The summed E-state index contributed by atoms with van der Waals surface area (Å²) in [7, 11) is -4.35. The van der Waals surface area contributed by atoms with Crippen LogP contribution < -0.4 is 14.4 Å². The molecule has 0 fully saturated rings. The number of sulfonamides is 1. The second kappa shape index (κ2) is 15.5. The third-order valence-corrected chi connectivity index (χ3v) is 9.21. The molecule has 0 spiro atoms. The van der Waals surface area contributed by atoms with Gasteiger partial charge in [0.2, 0.25) is 11.8 Å². The maximum absolute atomic E-state index is 14.5. The molecule has 4 aromatic rings. The van der Waals surface area contributed by atoms with Crippen LogP contribution >= 0.6 is 0 Å². The summed E-state index contributed by atoms with van der Waals surface area (Å²) in [6, 6.07) is 26.6. The first-order chi connectivity index (χ1) is 22.0. The maximum Gasteiger partial charge on any atom is 0.264 e. The highest BCUT2D eigenvalue weighted by Crippen LogP contribution is 2.27. The molecule has 46 heavy (non-hydrogen) atoms. The van der Waals surface area contributed by atoms with Gasteiger partial charge in [-0.3, -0.25) is 13.9 Å². The molecule has 0 aliphatic heterocycles. The van der Waals surface area contributed by atoms with Crippen molar-refractivity contribution >= 4 is 27.5 Å². The molecule has 2 amide bonds. The van der Waals surface area contributed by atoms with Crippen LogP contribution in [0.3, 0.4) is 0 Å². The fourth-order valence-electron chi connectivity index (χ4n) is 5.04. The average molecular weight is 646 g/mol. The van der Waals surface area contributed by atoms with Crippen LogP contribution in [0.1, 0.15) is 37.5 Å². The number of nitrogens with one attached hydrogen (secondary N) is 1. The molecule has 0 unspecified atom stereocenters. The number of nitrogens with zero attached hydrogens (tertiary/aromatic N) is 2. The van der Waals surface area contributed by atoms with Crippen LogP contribution in [0.5, 0.6) is 5.75 Å². The molecule has 10 heteroatoms. The summed E-state index contributed by atoms with van der Waals surface area (Å²) < 4.78 is 48.5. The minimum absolute atomic E-state index is 0.0717. The van der Waals surface area contributed by atoms with Crippen molar-refractivity contribution in [1.82, 2.24) is 10.2 Å². The van der Waals surface area contributed by atoms with Gasteiger partial charge in [-0.25, -0.2) is 12.8 Å². The standard InChI is InChI=1S/C36H40FN3O5S/c1-5-45-32-19-17-31(18-20-32)40(46(43,44)33-21-15-30(37)16-22-33)25-35(41)39(24-29-14-10-9-11-27(29)4)34(36(42)38-26(2)3)23-28-12-7-6-8-13-28/h6-22,26,34H,5,23-25H2,1-4H3,(H,38,42)/t34-/m1/s1. The number of amides is 2.